The summed E-state index contributed by atoms with van der Waals surface area (Å²) in [5.74, 6) is -1.41. The largest absolute Gasteiger partial charge is 0.396 e. The van der Waals surface area contributed by atoms with E-state index < -0.39 is 22.6 Å². The van der Waals surface area contributed by atoms with Gasteiger partial charge >= 0.3 is 0 Å². The van der Waals surface area contributed by atoms with Crippen molar-refractivity contribution in [3.8, 4) is 0 Å². The molecule has 3 aliphatic rings. The van der Waals surface area contributed by atoms with Crippen molar-refractivity contribution in [1.82, 2.24) is 15.5 Å². The number of fused-ring (bicyclic) bond motifs is 1. The summed E-state index contributed by atoms with van der Waals surface area (Å²) in [6.45, 7) is 3.37. The number of aliphatic hydroxyl groups is 1. The normalized spacial score (nSPS) is 31.6. The fourth-order valence-corrected chi connectivity index (χ4v) is 9.41. The van der Waals surface area contributed by atoms with E-state index in [-0.39, 0.29) is 34.4 Å². The standard InChI is InChI=1S/C25H34BrN3O4S/c1-2-3-7-11-27-23(32)21-25-14-17(26)20(34-25)18(19(25)24(33)29(21)12-8-13-30)22(31)28-15-16-9-5-4-6-10-16/h4-6,9-10,17-21,30H,2-3,7-8,11-15H2,1H3,(H,27,32)(H,28,31)/t17?,18-,19+,20-,21?,25?/m1/s1. The molecule has 0 radical (unpaired) electrons. The van der Waals surface area contributed by atoms with Gasteiger partial charge in [0.05, 0.1) is 16.6 Å². The number of hydrogen-bond acceptors (Lipinski definition) is 5. The second kappa shape index (κ2) is 11.0. The van der Waals surface area contributed by atoms with Crippen molar-refractivity contribution < 1.29 is 19.5 Å². The number of carbonyl (C=O) groups is 3. The van der Waals surface area contributed by atoms with Crippen LogP contribution in [0.3, 0.4) is 0 Å². The van der Waals surface area contributed by atoms with Gasteiger partial charge in [0, 0.05) is 36.3 Å². The Morgan fingerprint density at radius 3 is 2.65 bits per heavy atom. The summed E-state index contributed by atoms with van der Waals surface area (Å²) in [4.78, 5) is 42.3. The Bertz CT molecular complexity index is 903. The van der Waals surface area contributed by atoms with Crippen LogP contribution in [0, 0.1) is 11.8 Å². The molecular formula is C25H34BrN3O4S. The molecule has 1 aromatic rings. The first-order valence-electron chi connectivity index (χ1n) is 12.3. The molecule has 3 unspecified atom stereocenters. The van der Waals surface area contributed by atoms with Crippen molar-refractivity contribution in [1.29, 1.82) is 0 Å². The highest BCUT2D eigenvalue weighted by Gasteiger charge is 2.75. The quantitative estimate of drug-likeness (QED) is 0.290. The summed E-state index contributed by atoms with van der Waals surface area (Å²) < 4.78 is -0.630. The van der Waals surface area contributed by atoms with Gasteiger partial charge in [0.1, 0.15) is 6.04 Å². The predicted octanol–water partition coefficient (Wildman–Crippen LogP) is 2.46. The number of alkyl halides is 1. The molecule has 3 saturated heterocycles. The van der Waals surface area contributed by atoms with Crippen LogP contribution >= 0.6 is 27.7 Å². The molecule has 186 valence electrons. The second-order valence-corrected chi connectivity index (χ2v) is 12.2. The fourth-order valence-electron chi connectivity index (χ4n) is 5.80. The molecule has 1 spiro atoms. The minimum atomic E-state index is -0.630. The number of hydrogen-bond donors (Lipinski definition) is 3. The van der Waals surface area contributed by atoms with Crippen LogP contribution in [0.2, 0.25) is 0 Å². The maximum absolute atomic E-state index is 13.7. The number of halogens is 1. The Morgan fingerprint density at radius 2 is 1.94 bits per heavy atom. The van der Waals surface area contributed by atoms with Gasteiger partial charge in [-0.05, 0) is 24.8 Å². The SMILES string of the molecule is CCCCCNC(=O)C1N(CCCO)C(=O)[C@@H]2[C@@H](C(=O)NCc3ccccc3)[C@@H]3SC12CC3Br. The van der Waals surface area contributed by atoms with Crippen molar-refractivity contribution in [2.45, 2.75) is 66.4 Å². The van der Waals surface area contributed by atoms with E-state index in [1.54, 1.807) is 16.7 Å². The number of carbonyl (C=O) groups excluding carboxylic acids is 3. The molecule has 4 rings (SSSR count). The molecule has 34 heavy (non-hydrogen) atoms. The third-order valence-corrected chi connectivity index (χ3v) is 10.5. The first kappa shape index (κ1) is 25.5. The minimum Gasteiger partial charge on any atom is -0.396 e. The lowest BCUT2D eigenvalue weighted by molar-refractivity contribution is -0.140. The smallest absolute Gasteiger partial charge is 0.244 e. The predicted molar refractivity (Wildman–Crippen MR) is 136 cm³/mol. The van der Waals surface area contributed by atoms with Gasteiger partial charge in [0.15, 0.2) is 0 Å². The van der Waals surface area contributed by atoms with E-state index in [0.29, 0.717) is 32.5 Å². The highest BCUT2D eigenvalue weighted by atomic mass is 79.9. The summed E-state index contributed by atoms with van der Waals surface area (Å²) in [6, 6.07) is 9.09. The first-order chi connectivity index (χ1) is 16.4. The van der Waals surface area contributed by atoms with Crippen LogP contribution in [-0.2, 0) is 20.9 Å². The van der Waals surface area contributed by atoms with E-state index in [1.165, 1.54) is 0 Å². The lowest BCUT2D eigenvalue weighted by Gasteiger charge is -2.35. The number of unbranched alkanes of at least 4 members (excludes halogenated alkanes) is 2. The number of aliphatic hydroxyl groups excluding tert-OH is 1. The van der Waals surface area contributed by atoms with E-state index in [9.17, 15) is 19.5 Å². The van der Waals surface area contributed by atoms with E-state index in [4.69, 9.17) is 0 Å². The van der Waals surface area contributed by atoms with Crippen LogP contribution < -0.4 is 10.6 Å². The number of nitrogens with zero attached hydrogens (tertiary/aromatic N) is 1. The minimum absolute atomic E-state index is 0.0515. The van der Waals surface area contributed by atoms with Crippen molar-refractivity contribution in [2.24, 2.45) is 11.8 Å². The highest BCUT2D eigenvalue weighted by molar-refractivity contribution is 9.09. The lowest BCUT2D eigenvalue weighted by Crippen LogP contribution is -2.55. The zero-order valence-corrected chi connectivity index (χ0v) is 21.9. The number of thioether (sulfide) groups is 1. The molecule has 9 heteroatoms. The summed E-state index contributed by atoms with van der Waals surface area (Å²) in [5, 5.41) is 15.5. The highest BCUT2D eigenvalue weighted by Crippen LogP contribution is 2.67. The average molecular weight is 553 g/mol. The van der Waals surface area contributed by atoms with Crippen LogP contribution in [0.4, 0.5) is 0 Å². The van der Waals surface area contributed by atoms with Crippen molar-refractivity contribution >= 4 is 45.4 Å². The third kappa shape index (κ3) is 4.63. The summed E-state index contributed by atoms with van der Waals surface area (Å²) in [7, 11) is 0. The van der Waals surface area contributed by atoms with Gasteiger partial charge < -0.3 is 20.6 Å². The molecule has 3 aliphatic heterocycles. The molecule has 2 bridgehead atoms. The van der Waals surface area contributed by atoms with Gasteiger partial charge in [-0.25, -0.2) is 0 Å². The summed E-state index contributed by atoms with van der Waals surface area (Å²) in [6.07, 6.45) is 4.08. The van der Waals surface area contributed by atoms with Crippen molar-refractivity contribution in [2.75, 3.05) is 19.7 Å². The molecule has 3 heterocycles. The maximum atomic E-state index is 13.7. The third-order valence-electron chi connectivity index (χ3n) is 7.29. The molecule has 3 fully saturated rings. The van der Waals surface area contributed by atoms with Gasteiger partial charge in [0.2, 0.25) is 17.7 Å². The molecule has 7 nitrogen and oxygen atoms in total. The zero-order chi connectivity index (χ0) is 24.3. The molecule has 3 N–H and O–H groups in total. The van der Waals surface area contributed by atoms with Crippen LogP contribution in [-0.4, -0.2) is 68.3 Å². The van der Waals surface area contributed by atoms with E-state index in [1.807, 2.05) is 30.3 Å². The van der Waals surface area contributed by atoms with E-state index in [0.717, 1.165) is 24.8 Å². The maximum Gasteiger partial charge on any atom is 0.244 e. The molecule has 6 atom stereocenters. The van der Waals surface area contributed by atoms with Gasteiger partial charge in [-0.1, -0.05) is 66.0 Å². The Kier molecular flexibility index (Phi) is 8.25. The molecule has 0 aromatic heterocycles. The monoisotopic (exact) mass is 551 g/mol. The van der Waals surface area contributed by atoms with Crippen LogP contribution in [0.25, 0.3) is 0 Å². The van der Waals surface area contributed by atoms with E-state index >= 15 is 0 Å². The van der Waals surface area contributed by atoms with Gasteiger partial charge in [-0.15, -0.1) is 11.8 Å². The summed E-state index contributed by atoms with van der Waals surface area (Å²) in [5.41, 5.74) is 1.00. The molecular weight excluding hydrogens is 518 g/mol. The van der Waals surface area contributed by atoms with Crippen molar-refractivity contribution in [3.63, 3.8) is 0 Å². The molecule has 1 aromatic carbocycles. The Balaban J connectivity index is 1.57. The fraction of sp³-hybridized carbons (Fsp3) is 0.640. The number of nitrogens with one attached hydrogen (secondary N) is 2. The molecule has 3 amide bonds. The number of likely N-dealkylation sites (tertiary alicyclic amines) is 1. The van der Waals surface area contributed by atoms with Crippen LogP contribution in [0.1, 0.15) is 44.6 Å². The summed E-state index contributed by atoms with van der Waals surface area (Å²) >= 11 is 5.41. The van der Waals surface area contributed by atoms with Gasteiger partial charge in [-0.3, -0.25) is 14.4 Å². The Morgan fingerprint density at radius 1 is 1.18 bits per heavy atom. The number of rotatable bonds is 11. The molecule has 0 aliphatic carbocycles. The van der Waals surface area contributed by atoms with Crippen molar-refractivity contribution in [3.05, 3.63) is 35.9 Å². The number of benzene rings is 1. The Labute approximate surface area is 213 Å². The second-order valence-electron chi connectivity index (χ2n) is 9.47. The van der Waals surface area contributed by atoms with Crippen LogP contribution in [0.15, 0.2) is 30.3 Å². The lowest BCUT2D eigenvalue weighted by atomic mass is 9.70. The van der Waals surface area contributed by atoms with Gasteiger partial charge in [-0.2, -0.15) is 0 Å². The van der Waals surface area contributed by atoms with Gasteiger partial charge in [0.25, 0.3) is 0 Å². The number of amides is 3. The Hall–Kier alpha value is -1.58. The van der Waals surface area contributed by atoms with Crippen LogP contribution in [0.5, 0.6) is 0 Å². The topological polar surface area (TPSA) is 98.7 Å². The average Bonchev–Trinajstić information content (AvgIpc) is 3.43. The zero-order valence-electron chi connectivity index (χ0n) is 19.5. The first-order valence-corrected chi connectivity index (χ1v) is 14.1. The molecule has 0 saturated carbocycles. The van der Waals surface area contributed by atoms with E-state index in [2.05, 4.69) is 33.5 Å².